The summed E-state index contributed by atoms with van der Waals surface area (Å²) in [5, 5.41) is 0. The Bertz CT molecular complexity index is 593. The minimum absolute atomic E-state index is 0.0443. The quantitative estimate of drug-likeness (QED) is 0.828. The predicted molar refractivity (Wildman–Crippen MR) is 96.2 cm³/mol. The number of pyridine rings is 1. The minimum atomic E-state index is -2.97. The van der Waals surface area contributed by atoms with Crippen molar-refractivity contribution < 1.29 is 13.6 Å². The third-order valence-corrected chi connectivity index (χ3v) is 4.61. The second-order valence-electron chi connectivity index (χ2n) is 8.31. The summed E-state index contributed by atoms with van der Waals surface area (Å²) in [7, 11) is 0. The van der Waals surface area contributed by atoms with E-state index in [9.17, 15) is 13.6 Å². The van der Waals surface area contributed by atoms with Gasteiger partial charge in [0.1, 0.15) is 5.82 Å². The maximum absolute atomic E-state index is 13.2. The number of carbonyl (C=O) groups excluding carboxylic acids is 1. The van der Waals surface area contributed by atoms with E-state index in [0.29, 0.717) is 13.1 Å². The zero-order valence-corrected chi connectivity index (χ0v) is 16.0. The number of alkyl halides is 2. The van der Waals surface area contributed by atoms with Gasteiger partial charge in [0.25, 0.3) is 5.92 Å². The van der Waals surface area contributed by atoms with Crippen LogP contribution in [0.5, 0.6) is 0 Å². The molecule has 0 spiro atoms. The molecule has 0 N–H and O–H groups in total. The molecule has 4 nitrogen and oxygen atoms in total. The number of anilines is 1. The molecule has 2 rings (SSSR count). The van der Waals surface area contributed by atoms with Crippen LogP contribution in [0.4, 0.5) is 14.6 Å². The second kappa shape index (κ2) is 6.89. The fraction of sp³-hybridized carbons (Fsp3) is 0.684. The van der Waals surface area contributed by atoms with Gasteiger partial charge in [-0.3, -0.25) is 4.79 Å². The van der Waals surface area contributed by atoms with Crippen LogP contribution < -0.4 is 4.90 Å². The van der Waals surface area contributed by atoms with E-state index in [-0.39, 0.29) is 17.5 Å². The zero-order valence-electron chi connectivity index (χ0n) is 16.0. The summed E-state index contributed by atoms with van der Waals surface area (Å²) in [6, 6.07) is 3.80. The highest BCUT2D eigenvalue weighted by Gasteiger charge is 2.37. The zero-order chi connectivity index (χ0) is 19.0. The van der Waals surface area contributed by atoms with E-state index in [4.69, 9.17) is 0 Å². The maximum atomic E-state index is 13.2. The lowest BCUT2D eigenvalue weighted by atomic mass is 9.88. The summed E-state index contributed by atoms with van der Waals surface area (Å²) in [5.41, 5.74) is 1.21. The largest absolute Gasteiger partial charge is 0.353 e. The Hall–Kier alpha value is -1.72. The summed E-state index contributed by atoms with van der Waals surface area (Å²) in [6.45, 7) is 12.2. The second-order valence-corrected chi connectivity index (χ2v) is 8.31. The fourth-order valence-corrected chi connectivity index (χ4v) is 3.38. The SMILES string of the molecule is C[C@@H]1CN(c2ccc(C(C)(C)C)cn2)C[C@H](C)N1C(=O)CC(C)(F)F. The lowest BCUT2D eigenvalue weighted by Gasteiger charge is -2.45. The number of aromatic nitrogens is 1. The van der Waals surface area contributed by atoms with Crippen LogP contribution in [0.15, 0.2) is 18.3 Å². The van der Waals surface area contributed by atoms with Crippen molar-refractivity contribution in [1.82, 2.24) is 9.88 Å². The molecule has 6 heteroatoms. The molecule has 1 aliphatic rings. The Morgan fingerprint density at radius 3 is 2.12 bits per heavy atom. The molecule has 0 unspecified atom stereocenters. The number of carbonyl (C=O) groups is 1. The Balaban J connectivity index is 2.10. The van der Waals surface area contributed by atoms with Crippen LogP contribution in [-0.4, -0.2) is 46.9 Å². The van der Waals surface area contributed by atoms with Crippen molar-refractivity contribution in [2.24, 2.45) is 0 Å². The molecule has 0 bridgehead atoms. The van der Waals surface area contributed by atoms with Gasteiger partial charge in [-0.1, -0.05) is 26.8 Å². The Kier molecular flexibility index (Phi) is 5.40. The fourth-order valence-electron chi connectivity index (χ4n) is 3.38. The molecular weight excluding hydrogens is 324 g/mol. The van der Waals surface area contributed by atoms with Crippen LogP contribution >= 0.6 is 0 Å². The topological polar surface area (TPSA) is 36.4 Å². The van der Waals surface area contributed by atoms with E-state index in [2.05, 4.69) is 36.7 Å². The van der Waals surface area contributed by atoms with Gasteiger partial charge in [-0.15, -0.1) is 0 Å². The molecule has 25 heavy (non-hydrogen) atoms. The van der Waals surface area contributed by atoms with Crippen LogP contribution in [0.3, 0.4) is 0 Å². The number of rotatable bonds is 3. The number of amides is 1. The molecule has 0 aliphatic carbocycles. The van der Waals surface area contributed by atoms with Gasteiger partial charge in [0.15, 0.2) is 0 Å². The molecule has 1 saturated heterocycles. The molecule has 1 amide bonds. The third kappa shape index (κ3) is 4.89. The van der Waals surface area contributed by atoms with Gasteiger partial charge in [0.05, 0.1) is 6.42 Å². The van der Waals surface area contributed by atoms with Crippen LogP contribution in [0, 0.1) is 0 Å². The van der Waals surface area contributed by atoms with Crippen LogP contribution in [-0.2, 0) is 10.2 Å². The van der Waals surface area contributed by atoms with E-state index >= 15 is 0 Å². The van der Waals surface area contributed by atoms with Crippen LogP contribution in [0.2, 0.25) is 0 Å². The van der Waals surface area contributed by atoms with Gasteiger partial charge in [0, 0.05) is 31.4 Å². The molecule has 0 radical (unpaired) electrons. The Morgan fingerprint density at radius 1 is 1.16 bits per heavy atom. The number of hydrogen-bond donors (Lipinski definition) is 0. The summed E-state index contributed by atoms with van der Waals surface area (Å²) in [6.07, 6.45) is 1.15. The number of hydrogen-bond acceptors (Lipinski definition) is 3. The molecule has 1 aromatic rings. The van der Waals surface area contributed by atoms with Crippen molar-refractivity contribution in [2.45, 2.75) is 71.4 Å². The highest BCUT2D eigenvalue weighted by Crippen LogP contribution is 2.27. The van der Waals surface area contributed by atoms with Gasteiger partial charge in [-0.25, -0.2) is 13.8 Å². The predicted octanol–water partition coefficient (Wildman–Crippen LogP) is 3.85. The number of nitrogens with zero attached hydrogens (tertiary/aromatic N) is 3. The first-order valence-corrected chi connectivity index (χ1v) is 8.79. The van der Waals surface area contributed by atoms with Crippen LogP contribution in [0.1, 0.15) is 53.5 Å². The monoisotopic (exact) mass is 353 g/mol. The van der Waals surface area contributed by atoms with E-state index < -0.39 is 18.3 Å². The highest BCUT2D eigenvalue weighted by atomic mass is 19.3. The first kappa shape index (κ1) is 19.6. The molecule has 1 aromatic heterocycles. The minimum Gasteiger partial charge on any atom is -0.353 e. The van der Waals surface area contributed by atoms with Crippen LogP contribution in [0.25, 0.3) is 0 Å². The van der Waals surface area contributed by atoms with E-state index in [1.165, 1.54) is 0 Å². The third-order valence-electron chi connectivity index (χ3n) is 4.61. The number of piperazine rings is 1. The van der Waals surface area contributed by atoms with Gasteiger partial charge < -0.3 is 9.80 Å². The van der Waals surface area contributed by atoms with Crippen molar-refractivity contribution in [1.29, 1.82) is 0 Å². The van der Waals surface area contributed by atoms with E-state index in [1.54, 1.807) is 4.90 Å². The normalized spacial score (nSPS) is 22.2. The standard InChI is InChI=1S/C19H29F2N3O/c1-13-11-23(16-8-7-15(10-22-16)18(3,4)5)12-14(2)24(13)17(25)9-19(6,20)21/h7-8,10,13-14H,9,11-12H2,1-6H3/t13-,14+. The molecule has 2 heterocycles. The Labute approximate surface area is 149 Å². The number of halogens is 2. The smallest absolute Gasteiger partial charge is 0.254 e. The van der Waals surface area contributed by atoms with Gasteiger partial charge in [0.2, 0.25) is 5.91 Å². The highest BCUT2D eigenvalue weighted by molar-refractivity contribution is 5.78. The van der Waals surface area contributed by atoms with Crippen molar-refractivity contribution in [3.05, 3.63) is 23.9 Å². The average Bonchev–Trinajstić information content (AvgIpc) is 2.43. The molecule has 0 saturated carbocycles. The van der Waals surface area contributed by atoms with Crippen molar-refractivity contribution in [2.75, 3.05) is 18.0 Å². The molecule has 1 aliphatic heterocycles. The first-order chi connectivity index (χ1) is 11.4. The van der Waals surface area contributed by atoms with E-state index in [1.807, 2.05) is 26.1 Å². The lowest BCUT2D eigenvalue weighted by Crippen LogP contribution is -2.59. The molecule has 0 aromatic carbocycles. The van der Waals surface area contributed by atoms with Crippen molar-refractivity contribution >= 4 is 11.7 Å². The first-order valence-electron chi connectivity index (χ1n) is 8.79. The average molecular weight is 353 g/mol. The summed E-state index contributed by atoms with van der Waals surface area (Å²) in [4.78, 5) is 20.5. The van der Waals surface area contributed by atoms with E-state index in [0.717, 1.165) is 18.3 Å². The van der Waals surface area contributed by atoms with Gasteiger partial charge in [-0.2, -0.15) is 0 Å². The summed E-state index contributed by atoms with van der Waals surface area (Å²) >= 11 is 0. The summed E-state index contributed by atoms with van der Waals surface area (Å²) in [5.74, 6) is -2.60. The molecule has 2 atom stereocenters. The maximum Gasteiger partial charge on any atom is 0.254 e. The molecule has 140 valence electrons. The summed E-state index contributed by atoms with van der Waals surface area (Å²) < 4.78 is 26.4. The lowest BCUT2D eigenvalue weighted by molar-refractivity contribution is -0.142. The van der Waals surface area contributed by atoms with Crippen molar-refractivity contribution in [3.63, 3.8) is 0 Å². The molecular formula is C19H29F2N3O. The Morgan fingerprint density at radius 2 is 1.72 bits per heavy atom. The van der Waals surface area contributed by atoms with Crippen molar-refractivity contribution in [3.8, 4) is 0 Å². The van der Waals surface area contributed by atoms with Gasteiger partial charge >= 0.3 is 0 Å². The molecule has 1 fully saturated rings. The van der Waals surface area contributed by atoms with Gasteiger partial charge in [-0.05, 0) is 37.8 Å².